The van der Waals surface area contributed by atoms with Gasteiger partial charge in [0, 0.05) is 11.7 Å². The van der Waals surface area contributed by atoms with E-state index in [1.165, 1.54) is 6.42 Å². The number of rotatable bonds is 3. The Balaban J connectivity index is 1.49. The first-order chi connectivity index (χ1) is 13.1. The van der Waals surface area contributed by atoms with Crippen LogP contribution in [-0.2, 0) is 0 Å². The van der Waals surface area contributed by atoms with Gasteiger partial charge in [0.05, 0.1) is 16.8 Å². The average molecular weight is 363 g/mol. The monoisotopic (exact) mass is 363 g/mol. The molecule has 1 aliphatic carbocycles. The normalized spacial score (nSPS) is 17.0. The number of hydrogen-bond donors (Lipinski definition) is 2. The Labute approximate surface area is 157 Å². The molecule has 4 amide bonds. The van der Waals surface area contributed by atoms with Gasteiger partial charge in [0.15, 0.2) is 0 Å². The fourth-order valence-corrected chi connectivity index (χ4v) is 3.75. The summed E-state index contributed by atoms with van der Waals surface area (Å²) in [4.78, 5) is 38.6. The lowest BCUT2D eigenvalue weighted by molar-refractivity contribution is 0.0926. The van der Waals surface area contributed by atoms with Gasteiger partial charge in [-0.3, -0.25) is 9.59 Å². The number of hydrogen-bond acceptors (Lipinski definition) is 3. The minimum absolute atomic E-state index is 0.207. The smallest absolute Gasteiger partial charge is 0.319 e. The summed E-state index contributed by atoms with van der Waals surface area (Å²) in [6.07, 6.45) is 5.51. The van der Waals surface area contributed by atoms with Gasteiger partial charge in [0.1, 0.15) is 0 Å². The van der Waals surface area contributed by atoms with Gasteiger partial charge in [-0.2, -0.15) is 0 Å². The number of urea groups is 1. The number of nitrogens with one attached hydrogen (secondary N) is 2. The van der Waals surface area contributed by atoms with Crippen molar-refractivity contribution in [2.45, 2.75) is 38.1 Å². The van der Waals surface area contributed by atoms with E-state index in [1.54, 1.807) is 48.5 Å². The second kappa shape index (κ2) is 7.23. The topological polar surface area (TPSA) is 78.5 Å². The molecule has 0 aromatic heterocycles. The van der Waals surface area contributed by atoms with Crippen LogP contribution >= 0.6 is 0 Å². The number of amides is 4. The van der Waals surface area contributed by atoms with Crippen molar-refractivity contribution in [1.29, 1.82) is 0 Å². The van der Waals surface area contributed by atoms with Crippen LogP contribution < -0.4 is 15.5 Å². The van der Waals surface area contributed by atoms with Crippen LogP contribution in [0.1, 0.15) is 52.8 Å². The molecule has 2 aromatic rings. The van der Waals surface area contributed by atoms with E-state index < -0.39 is 0 Å². The zero-order chi connectivity index (χ0) is 18.8. The Bertz CT molecular complexity index is 868. The Hall–Kier alpha value is -3.15. The van der Waals surface area contributed by atoms with Crippen molar-refractivity contribution < 1.29 is 14.4 Å². The molecule has 6 heteroatoms. The van der Waals surface area contributed by atoms with Gasteiger partial charge in [-0.05, 0) is 43.2 Å². The first kappa shape index (κ1) is 17.3. The maximum atomic E-state index is 12.6. The molecule has 6 nitrogen and oxygen atoms in total. The zero-order valence-corrected chi connectivity index (χ0v) is 14.9. The third kappa shape index (κ3) is 3.43. The molecule has 0 radical (unpaired) electrons. The highest BCUT2D eigenvalue weighted by atomic mass is 16.2. The first-order valence-electron chi connectivity index (χ1n) is 9.29. The number of benzene rings is 2. The average Bonchev–Trinajstić information content (AvgIpc) is 2.94. The Morgan fingerprint density at radius 2 is 1.56 bits per heavy atom. The van der Waals surface area contributed by atoms with Crippen molar-refractivity contribution in [3.8, 4) is 0 Å². The van der Waals surface area contributed by atoms with Crippen LogP contribution in [0.3, 0.4) is 0 Å². The minimum Gasteiger partial charge on any atom is -0.335 e. The van der Waals surface area contributed by atoms with E-state index in [9.17, 15) is 14.4 Å². The second-order valence-corrected chi connectivity index (χ2v) is 6.98. The molecule has 4 rings (SSSR count). The number of imide groups is 1. The molecule has 27 heavy (non-hydrogen) atoms. The fourth-order valence-electron chi connectivity index (χ4n) is 3.75. The number of anilines is 2. The largest absolute Gasteiger partial charge is 0.335 e. The molecule has 2 aromatic carbocycles. The van der Waals surface area contributed by atoms with Crippen LogP contribution in [0.15, 0.2) is 48.5 Å². The number of fused-ring (bicyclic) bond motifs is 1. The highest BCUT2D eigenvalue weighted by Crippen LogP contribution is 2.29. The molecule has 0 unspecified atom stereocenters. The Kier molecular flexibility index (Phi) is 4.62. The molecule has 2 N–H and O–H groups in total. The Morgan fingerprint density at radius 3 is 2.22 bits per heavy atom. The van der Waals surface area contributed by atoms with Crippen molar-refractivity contribution in [2.75, 3.05) is 10.2 Å². The standard InChI is InChI=1S/C21H21N3O3/c25-19-17-11-4-5-12-18(17)20(26)24(19)16-10-6-9-15(13-16)23-21(27)22-14-7-2-1-3-8-14/h4-6,9-14H,1-3,7-8H2,(H2,22,23,27). The van der Waals surface area contributed by atoms with E-state index in [1.807, 2.05) is 0 Å². The van der Waals surface area contributed by atoms with Gasteiger partial charge < -0.3 is 10.6 Å². The van der Waals surface area contributed by atoms with Crippen LogP contribution in [0, 0.1) is 0 Å². The summed E-state index contributed by atoms with van der Waals surface area (Å²) >= 11 is 0. The van der Waals surface area contributed by atoms with Gasteiger partial charge in [-0.25, -0.2) is 9.69 Å². The van der Waals surface area contributed by atoms with Crippen LogP contribution in [0.5, 0.6) is 0 Å². The molecule has 1 heterocycles. The van der Waals surface area contributed by atoms with Crippen molar-refractivity contribution in [3.63, 3.8) is 0 Å². The van der Waals surface area contributed by atoms with Gasteiger partial charge in [-0.15, -0.1) is 0 Å². The predicted molar refractivity (Wildman–Crippen MR) is 103 cm³/mol. The molecular formula is C21H21N3O3. The molecule has 1 fully saturated rings. The quantitative estimate of drug-likeness (QED) is 0.811. The lowest BCUT2D eigenvalue weighted by Crippen LogP contribution is -2.39. The van der Waals surface area contributed by atoms with Gasteiger partial charge >= 0.3 is 6.03 Å². The maximum absolute atomic E-state index is 12.6. The maximum Gasteiger partial charge on any atom is 0.319 e. The van der Waals surface area contributed by atoms with Crippen LogP contribution in [0.4, 0.5) is 16.2 Å². The van der Waals surface area contributed by atoms with E-state index in [0.29, 0.717) is 22.5 Å². The van der Waals surface area contributed by atoms with Gasteiger partial charge in [0.25, 0.3) is 11.8 Å². The molecule has 0 spiro atoms. The molecule has 138 valence electrons. The third-order valence-electron chi connectivity index (χ3n) is 5.10. The molecule has 1 aliphatic heterocycles. The second-order valence-electron chi connectivity index (χ2n) is 6.98. The molecule has 1 saturated carbocycles. The van der Waals surface area contributed by atoms with Crippen LogP contribution in [-0.4, -0.2) is 23.9 Å². The molecular weight excluding hydrogens is 342 g/mol. The lowest BCUT2D eigenvalue weighted by Gasteiger charge is -2.23. The van der Waals surface area contributed by atoms with Crippen LogP contribution in [0.2, 0.25) is 0 Å². The van der Waals surface area contributed by atoms with Crippen molar-refractivity contribution in [1.82, 2.24) is 5.32 Å². The molecule has 0 saturated heterocycles. The lowest BCUT2D eigenvalue weighted by atomic mass is 9.96. The van der Waals surface area contributed by atoms with Gasteiger partial charge in [0.2, 0.25) is 0 Å². The first-order valence-corrected chi connectivity index (χ1v) is 9.29. The van der Waals surface area contributed by atoms with E-state index in [4.69, 9.17) is 0 Å². The summed E-state index contributed by atoms with van der Waals surface area (Å²) in [6, 6.07) is 13.5. The van der Waals surface area contributed by atoms with Crippen molar-refractivity contribution in [3.05, 3.63) is 59.7 Å². The summed E-state index contributed by atoms with van der Waals surface area (Å²) in [5, 5.41) is 5.80. The van der Waals surface area contributed by atoms with E-state index in [0.717, 1.165) is 30.6 Å². The summed E-state index contributed by atoms with van der Waals surface area (Å²) < 4.78 is 0. The summed E-state index contributed by atoms with van der Waals surface area (Å²) in [5.74, 6) is -0.696. The zero-order valence-electron chi connectivity index (χ0n) is 14.9. The highest BCUT2D eigenvalue weighted by Gasteiger charge is 2.36. The predicted octanol–water partition coefficient (Wildman–Crippen LogP) is 3.94. The van der Waals surface area contributed by atoms with Gasteiger partial charge in [-0.1, -0.05) is 37.5 Å². The van der Waals surface area contributed by atoms with Crippen molar-refractivity contribution >= 4 is 29.2 Å². The number of carbonyl (C=O) groups excluding carboxylic acids is 3. The third-order valence-corrected chi connectivity index (χ3v) is 5.10. The van der Waals surface area contributed by atoms with E-state index in [2.05, 4.69) is 10.6 Å². The van der Waals surface area contributed by atoms with E-state index >= 15 is 0 Å². The number of carbonyl (C=O) groups is 3. The summed E-state index contributed by atoms with van der Waals surface area (Å²) in [7, 11) is 0. The van der Waals surface area contributed by atoms with Crippen LogP contribution in [0.25, 0.3) is 0 Å². The SMILES string of the molecule is O=C(Nc1cccc(N2C(=O)c3ccccc3C2=O)c1)NC1CCCCC1. The minimum atomic E-state index is -0.348. The fraction of sp³-hybridized carbons (Fsp3) is 0.286. The van der Waals surface area contributed by atoms with Crippen molar-refractivity contribution in [2.24, 2.45) is 0 Å². The Morgan fingerprint density at radius 1 is 0.889 bits per heavy atom. The highest BCUT2D eigenvalue weighted by molar-refractivity contribution is 6.34. The molecule has 2 aliphatic rings. The van der Waals surface area contributed by atoms with E-state index in [-0.39, 0.29) is 23.9 Å². The summed E-state index contributed by atoms with van der Waals surface area (Å²) in [5.41, 5.74) is 1.78. The number of nitrogens with zero attached hydrogens (tertiary/aromatic N) is 1. The summed E-state index contributed by atoms with van der Waals surface area (Å²) in [6.45, 7) is 0. The molecule has 0 atom stereocenters. The molecule has 0 bridgehead atoms.